The number of rotatable bonds is 9. The van der Waals surface area contributed by atoms with Gasteiger partial charge in [-0.05, 0) is 66.1 Å². The van der Waals surface area contributed by atoms with Gasteiger partial charge in [0, 0.05) is 5.39 Å². The van der Waals surface area contributed by atoms with Gasteiger partial charge in [0.15, 0.2) is 11.6 Å². The van der Waals surface area contributed by atoms with Crippen LogP contribution in [0.5, 0.6) is 5.75 Å². The number of hydrogen-bond donors (Lipinski definition) is 4. The van der Waals surface area contributed by atoms with Gasteiger partial charge in [-0.2, -0.15) is 0 Å². The van der Waals surface area contributed by atoms with Crippen LogP contribution < -0.4 is 16.4 Å². The molecule has 0 unspecified atom stereocenters. The molecule has 0 aromatic heterocycles. The number of amides is 2. The van der Waals surface area contributed by atoms with Crippen molar-refractivity contribution in [3.8, 4) is 5.75 Å². The second kappa shape index (κ2) is 12.6. The highest BCUT2D eigenvalue weighted by molar-refractivity contribution is 6.01. The maximum atomic E-state index is 14.2. The monoisotopic (exact) mass is 527 g/mol. The molecule has 39 heavy (non-hydrogen) atoms. The van der Waals surface area contributed by atoms with Crippen molar-refractivity contribution >= 4 is 39.8 Å². The van der Waals surface area contributed by atoms with Crippen LogP contribution >= 0.6 is 0 Å². The van der Waals surface area contributed by atoms with Crippen molar-refractivity contribution in [2.45, 2.75) is 25.9 Å². The molecule has 4 aromatic carbocycles. The average molecular weight is 528 g/mol. The molecule has 200 valence electrons. The first kappa shape index (κ1) is 27.2. The molecule has 0 fully saturated rings. The summed E-state index contributed by atoms with van der Waals surface area (Å²) in [5, 5.41) is 17.0. The minimum atomic E-state index is -0.806. The van der Waals surface area contributed by atoms with Crippen molar-refractivity contribution in [3.05, 3.63) is 108 Å². The minimum absolute atomic E-state index is 0.246. The lowest BCUT2D eigenvalue weighted by Crippen LogP contribution is -2.22. The molecule has 8 heteroatoms. The number of allylic oxidation sites excluding steroid dienone is 1. The van der Waals surface area contributed by atoms with Crippen LogP contribution in [0.1, 0.15) is 31.4 Å². The summed E-state index contributed by atoms with van der Waals surface area (Å²) in [5.74, 6) is -1.86. The van der Waals surface area contributed by atoms with Crippen LogP contribution in [-0.2, 0) is 9.53 Å². The van der Waals surface area contributed by atoms with Gasteiger partial charge in [0.2, 0.25) is 5.91 Å². The van der Waals surface area contributed by atoms with E-state index in [4.69, 9.17) is 10.5 Å². The lowest BCUT2D eigenvalue weighted by molar-refractivity contribution is -0.111. The largest absolute Gasteiger partial charge is 0.505 e. The lowest BCUT2D eigenvalue weighted by atomic mass is 9.93. The first-order chi connectivity index (χ1) is 18.8. The molecule has 7 nitrogen and oxygen atoms in total. The predicted molar refractivity (Wildman–Crippen MR) is 152 cm³/mol. The van der Waals surface area contributed by atoms with Crippen LogP contribution in [0.4, 0.5) is 26.2 Å². The Morgan fingerprint density at radius 2 is 1.69 bits per heavy atom. The van der Waals surface area contributed by atoms with Gasteiger partial charge in [-0.25, -0.2) is 9.18 Å². The molecule has 2 amide bonds. The van der Waals surface area contributed by atoms with Gasteiger partial charge in [0.1, 0.15) is 6.10 Å². The summed E-state index contributed by atoms with van der Waals surface area (Å²) in [5.41, 5.74) is 7.86. The Bertz CT molecular complexity index is 1500. The van der Waals surface area contributed by atoms with Crippen molar-refractivity contribution in [1.29, 1.82) is 0 Å². The normalized spacial score (nSPS) is 12.7. The number of anilines is 3. The van der Waals surface area contributed by atoms with E-state index < -0.39 is 23.8 Å². The van der Waals surface area contributed by atoms with Crippen molar-refractivity contribution in [1.82, 2.24) is 0 Å². The SMILES string of the molecule is C[C@H](CC/C=C/C(=O)Nc1ccccc1N)[C@H](OC(=O)Nc1cccc2ccccc12)c1ccc(O)c(F)c1. The molecule has 0 aliphatic rings. The molecule has 0 heterocycles. The molecular formula is C31H30FN3O4. The number of hydrogen-bond acceptors (Lipinski definition) is 5. The van der Waals surface area contributed by atoms with Crippen LogP contribution in [0.3, 0.4) is 0 Å². The van der Waals surface area contributed by atoms with E-state index in [1.807, 2.05) is 43.3 Å². The van der Waals surface area contributed by atoms with Crippen molar-refractivity contribution in [2.75, 3.05) is 16.4 Å². The van der Waals surface area contributed by atoms with Crippen LogP contribution in [0.25, 0.3) is 10.8 Å². The summed E-state index contributed by atoms with van der Waals surface area (Å²) in [7, 11) is 0. The minimum Gasteiger partial charge on any atom is -0.505 e. The van der Waals surface area contributed by atoms with Crippen LogP contribution in [0, 0.1) is 11.7 Å². The number of aromatic hydroxyl groups is 1. The van der Waals surface area contributed by atoms with Gasteiger partial charge in [0.25, 0.3) is 0 Å². The number of carbonyl (C=O) groups is 2. The Morgan fingerprint density at radius 3 is 2.49 bits per heavy atom. The van der Waals surface area contributed by atoms with Crippen LogP contribution in [0.15, 0.2) is 97.1 Å². The molecule has 4 rings (SSSR count). The summed E-state index contributed by atoms with van der Waals surface area (Å²) in [6.07, 6.45) is 2.68. The number of phenols is 1. The molecular weight excluding hydrogens is 497 g/mol. The van der Waals surface area contributed by atoms with Crippen molar-refractivity contribution in [3.63, 3.8) is 0 Å². The van der Waals surface area contributed by atoms with E-state index in [2.05, 4.69) is 10.6 Å². The summed E-state index contributed by atoms with van der Waals surface area (Å²) in [4.78, 5) is 25.2. The third-order valence-electron chi connectivity index (χ3n) is 6.35. The summed E-state index contributed by atoms with van der Waals surface area (Å²) >= 11 is 0. The average Bonchev–Trinajstić information content (AvgIpc) is 2.93. The maximum absolute atomic E-state index is 14.2. The van der Waals surface area contributed by atoms with Gasteiger partial charge in [-0.15, -0.1) is 0 Å². The number of ether oxygens (including phenoxy) is 1. The van der Waals surface area contributed by atoms with E-state index >= 15 is 0 Å². The molecule has 0 aliphatic carbocycles. The van der Waals surface area contributed by atoms with Gasteiger partial charge in [-0.3, -0.25) is 10.1 Å². The van der Waals surface area contributed by atoms with E-state index in [9.17, 15) is 19.1 Å². The fourth-order valence-corrected chi connectivity index (χ4v) is 4.29. The molecule has 0 aliphatic heterocycles. The first-order valence-corrected chi connectivity index (χ1v) is 12.6. The quantitative estimate of drug-likeness (QED) is 0.136. The summed E-state index contributed by atoms with van der Waals surface area (Å²) < 4.78 is 20.0. The molecule has 2 atom stereocenters. The smallest absolute Gasteiger partial charge is 0.412 e. The highest BCUT2D eigenvalue weighted by Gasteiger charge is 2.25. The Kier molecular flexibility index (Phi) is 8.78. The number of nitrogens with one attached hydrogen (secondary N) is 2. The molecule has 0 bridgehead atoms. The van der Waals surface area contributed by atoms with E-state index in [0.717, 1.165) is 16.8 Å². The first-order valence-electron chi connectivity index (χ1n) is 12.6. The van der Waals surface area contributed by atoms with Gasteiger partial charge >= 0.3 is 6.09 Å². The number of halogens is 1. The number of carbonyl (C=O) groups excluding carboxylic acids is 2. The second-order valence-electron chi connectivity index (χ2n) is 9.22. The fraction of sp³-hybridized carbons (Fsp3) is 0.161. The number of para-hydroxylation sites is 2. The zero-order valence-corrected chi connectivity index (χ0v) is 21.4. The predicted octanol–water partition coefficient (Wildman–Crippen LogP) is 7.17. The van der Waals surface area contributed by atoms with Crippen LogP contribution in [0.2, 0.25) is 0 Å². The molecule has 0 saturated carbocycles. The van der Waals surface area contributed by atoms with E-state index in [-0.39, 0.29) is 11.8 Å². The second-order valence-corrected chi connectivity index (χ2v) is 9.22. The van der Waals surface area contributed by atoms with Crippen LogP contribution in [-0.4, -0.2) is 17.1 Å². The third kappa shape index (κ3) is 7.13. The highest BCUT2D eigenvalue weighted by atomic mass is 19.1. The lowest BCUT2D eigenvalue weighted by Gasteiger charge is -2.25. The number of benzene rings is 4. The number of nitrogen functional groups attached to an aromatic ring is 1. The number of fused-ring (bicyclic) bond motifs is 1. The maximum Gasteiger partial charge on any atom is 0.412 e. The Hall–Kier alpha value is -4.85. The Balaban J connectivity index is 1.43. The van der Waals surface area contributed by atoms with Crippen molar-refractivity contribution in [2.24, 2.45) is 5.92 Å². The summed E-state index contributed by atoms with van der Waals surface area (Å²) in [6, 6.07) is 24.1. The third-order valence-corrected chi connectivity index (χ3v) is 6.35. The Morgan fingerprint density at radius 1 is 0.974 bits per heavy atom. The van der Waals surface area contributed by atoms with E-state index in [0.29, 0.717) is 35.5 Å². The molecule has 5 N–H and O–H groups in total. The number of phenolic OH excluding ortho intramolecular Hbond substituents is 1. The van der Waals surface area contributed by atoms with Crippen molar-refractivity contribution < 1.29 is 23.8 Å². The Labute approximate surface area is 226 Å². The van der Waals surface area contributed by atoms with Gasteiger partial charge in [0.05, 0.1) is 17.1 Å². The van der Waals surface area contributed by atoms with Gasteiger partial charge < -0.3 is 20.9 Å². The molecule has 0 spiro atoms. The zero-order valence-electron chi connectivity index (χ0n) is 21.4. The molecule has 4 aromatic rings. The topological polar surface area (TPSA) is 114 Å². The molecule has 0 saturated heterocycles. The van der Waals surface area contributed by atoms with E-state index in [1.54, 1.807) is 36.4 Å². The fourth-order valence-electron chi connectivity index (χ4n) is 4.29. The summed E-state index contributed by atoms with van der Waals surface area (Å²) in [6.45, 7) is 1.87. The standard InChI is InChI=1S/C31H30FN3O4/c1-20(9-2-7-16-29(37)34-27-14-6-5-13-25(27)33)30(22-17-18-28(36)24(32)19-22)39-31(38)35-26-15-8-11-21-10-3-4-12-23(21)26/h3-8,10-20,30,36H,2,9,33H2,1H3,(H,34,37)(H,35,38)/b16-7+/t20-,30+/m1/s1. The van der Waals surface area contributed by atoms with E-state index in [1.165, 1.54) is 18.2 Å². The highest BCUT2D eigenvalue weighted by Crippen LogP contribution is 2.33. The van der Waals surface area contributed by atoms with Gasteiger partial charge in [-0.1, -0.05) is 67.6 Å². The molecule has 0 radical (unpaired) electrons. The zero-order chi connectivity index (χ0) is 27.8. The number of nitrogens with two attached hydrogens (primary N) is 1.